The van der Waals surface area contributed by atoms with Gasteiger partial charge in [0, 0.05) is 27.9 Å². The summed E-state index contributed by atoms with van der Waals surface area (Å²) < 4.78 is 7.47. The lowest BCUT2D eigenvalue weighted by Crippen LogP contribution is -2.28. The minimum Gasteiger partial charge on any atom is -0.496 e. The number of nitrogens with two attached hydrogens (primary N) is 1. The van der Waals surface area contributed by atoms with Gasteiger partial charge in [-0.3, -0.25) is 0 Å². The van der Waals surface area contributed by atoms with Crippen molar-refractivity contribution in [3.63, 3.8) is 0 Å². The largest absolute Gasteiger partial charge is 0.496 e. The number of urea groups is 1. The molecule has 0 radical (unpaired) electrons. The third-order valence-corrected chi connectivity index (χ3v) is 5.55. The highest BCUT2D eigenvalue weighted by Crippen LogP contribution is 2.39. The molecule has 0 bridgehead atoms. The van der Waals surface area contributed by atoms with Crippen molar-refractivity contribution in [3.8, 4) is 16.9 Å². The van der Waals surface area contributed by atoms with Crippen molar-refractivity contribution in [3.05, 3.63) is 42.7 Å². The summed E-state index contributed by atoms with van der Waals surface area (Å²) in [6.07, 6.45) is 1.48. The average molecular weight is 393 g/mol. The molecule has 2 heterocycles. The number of nitrogens with zero attached hydrogens (tertiary/aromatic N) is 2. The summed E-state index contributed by atoms with van der Waals surface area (Å²) in [4.78, 5) is 20.3. The third-order valence-electron chi connectivity index (χ3n) is 4.39. The summed E-state index contributed by atoms with van der Waals surface area (Å²) in [6.45, 7) is 2.43. The first kappa shape index (κ1) is 18.0. The van der Waals surface area contributed by atoms with Gasteiger partial charge in [-0.05, 0) is 36.8 Å². The van der Waals surface area contributed by atoms with Gasteiger partial charge in [0.2, 0.25) is 0 Å². The second-order valence-electron chi connectivity index (χ2n) is 6.15. The van der Waals surface area contributed by atoms with Gasteiger partial charge in [0.1, 0.15) is 17.9 Å². The van der Waals surface area contributed by atoms with Gasteiger partial charge in [0.15, 0.2) is 0 Å². The van der Waals surface area contributed by atoms with Crippen LogP contribution in [0.3, 0.4) is 0 Å². The minimum atomic E-state index is -0.243. The molecule has 2 aromatic carbocycles. The maximum atomic E-state index is 11.8. The smallest absolute Gasteiger partial charge is 0.319 e. The fourth-order valence-corrected chi connectivity index (χ4v) is 4.20. The molecule has 4 rings (SSSR count). The van der Waals surface area contributed by atoms with Crippen molar-refractivity contribution in [2.45, 2.75) is 6.92 Å². The van der Waals surface area contributed by atoms with Crippen molar-refractivity contribution < 1.29 is 9.53 Å². The summed E-state index contributed by atoms with van der Waals surface area (Å²) in [5, 5.41) is 6.59. The van der Waals surface area contributed by atoms with Gasteiger partial charge in [-0.15, -0.1) is 11.3 Å². The minimum absolute atomic E-state index is 0.243. The van der Waals surface area contributed by atoms with Crippen LogP contribution in [0.2, 0.25) is 0 Å². The van der Waals surface area contributed by atoms with E-state index in [4.69, 9.17) is 10.5 Å². The van der Waals surface area contributed by atoms with E-state index in [1.807, 2.05) is 37.3 Å². The number of carbonyl (C=O) groups excluding carboxylic acids is 1. The lowest BCUT2D eigenvalue weighted by atomic mass is 10.0. The predicted molar refractivity (Wildman–Crippen MR) is 114 cm³/mol. The number of hydrogen-bond acceptors (Lipinski definition) is 6. The van der Waals surface area contributed by atoms with Crippen LogP contribution in [-0.2, 0) is 0 Å². The average Bonchev–Trinajstić information content (AvgIpc) is 3.07. The maximum Gasteiger partial charge on any atom is 0.319 e. The number of nitrogen functional groups attached to an aromatic ring is 1. The number of thiophene rings is 1. The Morgan fingerprint density at radius 2 is 2.07 bits per heavy atom. The van der Waals surface area contributed by atoms with Crippen molar-refractivity contribution >= 4 is 49.2 Å². The highest BCUT2D eigenvalue weighted by molar-refractivity contribution is 7.26. The van der Waals surface area contributed by atoms with Crippen LogP contribution in [0, 0.1) is 0 Å². The molecule has 4 N–H and O–H groups in total. The van der Waals surface area contributed by atoms with Gasteiger partial charge in [0.25, 0.3) is 0 Å². The Hall–Kier alpha value is -3.39. The van der Waals surface area contributed by atoms with E-state index < -0.39 is 0 Å². The Balaban J connectivity index is 1.80. The van der Waals surface area contributed by atoms with E-state index in [2.05, 4.69) is 26.7 Å². The van der Waals surface area contributed by atoms with Gasteiger partial charge < -0.3 is 21.1 Å². The van der Waals surface area contributed by atoms with Crippen LogP contribution in [0.5, 0.6) is 5.75 Å². The Bertz CT molecular complexity index is 1190. The molecule has 7 nitrogen and oxygen atoms in total. The predicted octanol–water partition coefficient (Wildman–Crippen LogP) is 4.24. The Morgan fingerprint density at radius 1 is 1.21 bits per heavy atom. The van der Waals surface area contributed by atoms with Crippen LogP contribution < -0.4 is 21.1 Å². The molecule has 0 saturated heterocycles. The fourth-order valence-electron chi connectivity index (χ4n) is 3.11. The van der Waals surface area contributed by atoms with Gasteiger partial charge in [-0.25, -0.2) is 14.8 Å². The van der Waals surface area contributed by atoms with Crippen LogP contribution in [0.25, 0.3) is 31.4 Å². The van der Waals surface area contributed by atoms with Crippen LogP contribution in [0.4, 0.5) is 16.3 Å². The molecule has 8 heteroatoms. The number of benzene rings is 2. The lowest BCUT2D eigenvalue weighted by Gasteiger charge is -2.12. The van der Waals surface area contributed by atoms with Gasteiger partial charge in [0.05, 0.1) is 17.3 Å². The molecule has 2 aromatic heterocycles. The standard InChI is InChI=1S/C20H19N5O2S/c1-3-22-20(26)25-12-5-7-15(27-2)14(9-12)11-4-6-13-16(8-11)28-18-17(13)23-10-24-19(18)21/h4-10H,3H2,1-2H3,(H2,21,23,24)(H2,22,25,26). The maximum absolute atomic E-state index is 11.8. The van der Waals surface area contributed by atoms with Gasteiger partial charge in [-0.2, -0.15) is 0 Å². The number of hydrogen-bond donors (Lipinski definition) is 3. The fraction of sp³-hybridized carbons (Fsp3) is 0.150. The Labute approximate surface area is 165 Å². The van der Waals surface area contributed by atoms with E-state index in [-0.39, 0.29) is 6.03 Å². The number of fused-ring (bicyclic) bond motifs is 3. The van der Waals surface area contributed by atoms with E-state index >= 15 is 0 Å². The molecule has 4 aromatic rings. The molecule has 0 aliphatic rings. The number of ether oxygens (including phenoxy) is 1. The molecule has 0 spiro atoms. The first-order valence-electron chi connectivity index (χ1n) is 8.76. The van der Waals surface area contributed by atoms with E-state index in [0.29, 0.717) is 18.1 Å². The van der Waals surface area contributed by atoms with Gasteiger partial charge in [-0.1, -0.05) is 12.1 Å². The molecule has 2 amide bonds. The molecule has 0 fully saturated rings. The zero-order valence-electron chi connectivity index (χ0n) is 15.4. The molecular formula is C20H19N5O2S. The zero-order chi connectivity index (χ0) is 19.7. The highest BCUT2D eigenvalue weighted by Gasteiger charge is 2.13. The van der Waals surface area contributed by atoms with E-state index in [1.165, 1.54) is 6.33 Å². The molecule has 0 atom stereocenters. The molecule has 28 heavy (non-hydrogen) atoms. The molecule has 0 saturated carbocycles. The van der Waals surface area contributed by atoms with Crippen LogP contribution in [0.15, 0.2) is 42.7 Å². The van der Waals surface area contributed by atoms with Crippen molar-refractivity contribution in [1.82, 2.24) is 15.3 Å². The van der Waals surface area contributed by atoms with Crippen LogP contribution >= 0.6 is 11.3 Å². The number of aromatic nitrogens is 2. The Morgan fingerprint density at radius 3 is 2.86 bits per heavy atom. The molecule has 0 aliphatic heterocycles. The summed E-state index contributed by atoms with van der Waals surface area (Å²) in [6, 6.07) is 11.4. The SMILES string of the molecule is CCNC(=O)Nc1ccc(OC)c(-c2ccc3c(c2)sc2c(N)ncnc23)c1. The van der Waals surface area contributed by atoms with Crippen molar-refractivity contribution in [2.24, 2.45) is 0 Å². The summed E-state index contributed by atoms with van der Waals surface area (Å²) in [5.74, 6) is 1.21. The number of amides is 2. The van der Waals surface area contributed by atoms with Crippen LogP contribution in [0.1, 0.15) is 6.92 Å². The monoisotopic (exact) mass is 393 g/mol. The lowest BCUT2D eigenvalue weighted by molar-refractivity contribution is 0.252. The van der Waals surface area contributed by atoms with Crippen molar-refractivity contribution in [1.29, 1.82) is 0 Å². The zero-order valence-corrected chi connectivity index (χ0v) is 16.3. The number of anilines is 2. The summed E-state index contributed by atoms with van der Waals surface area (Å²) in [5.41, 5.74) is 9.40. The van der Waals surface area contributed by atoms with E-state index in [0.717, 1.165) is 37.2 Å². The number of methoxy groups -OCH3 is 1. The molecular weight excluding hydrogens is 374 g/mol. The second kappa shape index (κ2) is 7.32. The second-order valence-corrected chi connectivity index (χ2v) is 7.20. The van der Waals surface area contributed by atoms with E-state index in [9.17, 15) is 4.79 Å². The van der Waals surface area contributed by atoms with Crippen LogP contribution in [-0.4, -0.2) is 29.7 Å². The highest BCUT2D eigenvalue weighted by atomic mass is 32.1. The summed E-state index contributed by atoms with van der Waals surface area (Å²) in [7, 11) is 1.63. The quantitative estimate of drug-likeness (QED) is 0.481. The van der Waals surface area contributed by atoms with E-state index in [1.54, 1.807) is 18.4 Å². The van der Waals surface area contributed by atoms with Crippen molar-refractivity contribution in [2.75, 3.05) is 24.7 Å². The Kier molecular flexibility index (Phi) is 4.70. The summed E-state index contributed by atoms with van der Waals surface area (Å²) >= 11 is 1.56. The normalized spacial score (nSPS) is 10.9. The molecule has 0 aliphatic carbocycles. The molecule has 0 unspecified atom stereocenters. The third kappa shape index (κ3) is 3.18. The number of carbonyl (C=O) groups is 1. The number of rotatable bonds is 4. The number of nitrogens with one attached hydrogen (secondary N) is 2. The topological polar surface area (TPSA) is 102 Å². The van der Waals surface area contributed by atoms with Gasteiger partial charge >= 0.3 is 6.03 Å². The first-order valence-corrected chi connectivity index (χ1v) is 9.58. The first-order chi connectivity index (χ1) is 13.6. The molecule has 142 valence electrons.